The van der Waals surface area contributed by atoms with E-state index in [4.69, 9.17) is 20.1 Å². The highest BCUT2D eigenvalue weighted by atomic mass is 31.2. The molecule has 172 valence electrons. The van der Waals surface area contributed by atoms with Gasteiger partial charge in [-0.2, -0.15) is 0 Å². The van der Waals surface area contributed by atoms with Crippen LogP contribution in [0.1, 0.15) is 6.23 Å². The Hall–Kier alpha value is -2.91. The van der Waals surface area contributed by atoms with Crippen LogP contribution in [0.25, 0.3) is 0 Å². The van der Waals surface area contributed by atoms with E-state index in [9.17, 15) is 34.1 Å². The van der Waals surface area contributed by atoms with Crippen molar-refractivity contribution in [2.24, 2.45) is 0 Å². The van der Waals surface area contributed by atoms with Gasteiger partial charge in [0.1, 0.15) is 19.7 Å². The number of nitrogens with zero attached hydrogens (tertiary/aromatic N) is 2. The molecule has 1 heterocycles. The van der Waals surface area contributed by atoms with Crippen LogP contribution in [-0.4, -0.2) is 55.7 Å². The summed E-state index contributed by atoms with van der Waals surface area (Å²) in [5.74, 6) is -0.246. The number of hydrogen-bond acceptors (Lipinski definition) is 12. The van der Waals surface area contributed by atoms with Crippen molar-refractivity contribution in [2.45, 2.75) is 12.3 Å². The van der Waals surface area contributed by atoms with E-state index in [2.05, 4.69) is 4.52 Å². The maximum Gasteiger partial charge on any atom is 0.330 e. The highest BCUT2D eigenvalue weighted by Crippen LogP contribution is 2.29. The molecule has 2 aromatic rings. The molecular formula is C15H18N3O12P-2. The molecule has 16 heteroatoms. The summed E-state index contributed by atoms with van der Waals surface area (Å²) in [5, 5.41) is 36.9. The third-order valence-electron chi connectivity index (χ3n) is 3.34. The van der Waals surface area contributed by atoms with E-state index in [1.807, 2.05) is 4.98 Å². The van der Waals surface area contributed by atoms with Crippen LogP contribution in [0.3, 0.4) is 0 Å². The number of nitro groups is 1. The van der Waals surface area contributed by atoms with E-state index in [1.165, 1.54) is 0 Å². The minimum absolute atomic E-state index is 0.219. The number of phosphoric acid groups is 1. The zero-order valence-electron chi connectivity index (χ0n) is 15.6. The number of rotatable bonds is 9. The van der Waals surface area contributed by atoms with Gasteiger partial charge in [-0.15, -0.1) is 0 Å². The summed E-state index contributed by atoms with van der Waals surface area (Å²) in [5.41, 5.74) is -1.53. The van der Waals surface area contributed by atoms with Crippen LogP contribution in [0.15, 0.2) is 46.1 Å². The Kier molecular flexibility index (Phi) is 10.2. The zero-order valence-corrected chi connectivity index (χ0v) is 16.5. The molecule has 4 N–H and O–H groups in total. The molecule has 0 aliphatic carbocycles. The summed E-state index contributed by atoms with van der Waals surface area (Å²) in [6.07, 6.45) is -0.831. The standard InChI is InChI=1S/C9H14N2O6.C6H6NO6P/c12-3-6(4-13)17-8(5-14)11-2-1-7(15)10-9(11)16;8-7(9)5-1-3-6(4-2-5)13-14(10,11)12/h1-2,6,8,12-14H,3-5H2,(H,10,15,16);1-4H,(H2,10,11,12)/p-2/t8-;/m1./s1. The van der Waals surface area contributed by atoms with Gasteiger partial charge in [-0.25, -0.2) is 4.79 Å². The lowest BCUT2D eigenvalue weighted by Crippen LogP contribution is -2.37. The van der Waals surface area contributed by atoms with E-state index in [1.54, 1.807) is 0 Å². The van der Waals surface area contributed by atoms with Crippen molar-refractivity contribution < 1.29 is 43.9 Å². The number of nitrogens with one attached hydrogen (secondary N) is 1. The number of non-ortho nitro benzene ring substituents is 1. The Bertz CT molecular complexity index is 995. The number of aliphatic hydroxyl groups is 3. The summed E-state index contributed by atoms with van der Waals surface area (Å²) in [7, 11) is -5.10. The molecule has 15 nitrogen and oxygen atoms in total. The summed E-state index contributed by atoms with van der Waals surface area (Å²) in [6, 6.07) is 5.22. The minimum atomic E-state index is -5.10. The minimum Gasteiger partial charge on any atom is -0.780 e. The molecule has 0 saturated carbocycles. The van der Waals surface area contributed by atoms with Gasteiger partial charge < -0.3 is 38.9 Å². The Morgan fingerprint density at radius 2 is 1.65 bits per heavy atom. The lowest BCUT2D eigenvalue weighted by atomic mass is 10.3. The molecule has 31 heavy (non-hydrogen) atoms. The number of ether oxygens (including phenoxy) is 1. The Morgan fingerprint density at radius 3 is 2.06 bits per heavy atom. The molecule has 1 atom stereocenters. The summed E-state index contributed by atoms with van der Waals surface area (Å²) >= 11 is 0. The lowest BCUT2D eigenvalue weighted by Gasteiger charge is -2.28. The fourth-order valence-corrected chi connectivity index (χ4v) is 2.35. The second kappa shape index (κ2) is 12.1. The van der Waals surface area contributed by atoms with Gasteiger partial charge in [-0.05, 0) is 12.1 Å². The highest BCUT2D eigenvalue weighted by Gasteiger charge is 2.17. The number of phosphoric ester groups is 1. The molecule has 1 aromatic heterocycles. The van der Waals surface area contributed by atoms with Crippen molar-refractivity contribution in [3.05, 3.63) is 67.5 Å². The van der Waals surface area contributed by atoms with Gasteiger partial charge in [0, 0.05) is 24.4 Å². The first-order valence-electron chi connectivity index (χ1n) is 8.26. The molecule has 0 fully saturated rings. The number of aromatic nitrogens is 2. The first-order chi connectivity index (χ1) is 14.5. The quantitative estimate of drug-likeness (QED) is 0.167. The van der Waals surface area contributed by atoms with Crippen molar-refractivity contribution in [1.29, 1.82) is 0 Å². The SMILES string of the molecule is O=[N+]([O-])c1ccc(OP(=O)([O-])[O-])cc1.O=c1ccn([C@@H](CO)OC(CO)CO)c(=O)[nH]1. The van der Waals surface area contributed by atoms with Gasteiger partial charge in [-0.1, -0.05) is 0 Å². The van der Waals surface area contributed by atoms with Crippen molar-refractivity contribution in [3.8, 4) is 5.75 Å². The molecule has 0 bridgehead atoms. The highest BCUT2D eigenvalue weighted by molar-refractivity contribution is 7.43. The molecule has 0 saturated heterocycles. The topological polar surface area (TPSA) is 240 Å². The van der Waals surface area contributed by atoms with Crippen molar-refractivity contribution in [2.75, 3.05) is 19.8 Å². The predicted octanol–water partition coefficient (Wildman–Crippen LogP) is -2.80. The van der Waals surface area contributed by atoms with Crippen LogP contribution in [-0.2, 0) is 9.30 Å². The second-order valence-corrected chi connectivity index (χ2v) is 6.64. The van der Waals surface area contributed by atoms with Crippen LogP contribution in [0.2, 0.25) is 0 Å². The van der Waals surface area contributed by atoms with E-state index in [0.717, 1.165) is 41.1 Å². The number of aliphatic hydroxyl groups excluding tert-OH is 3. The number of hydrogen-bond donors (Lipinski definition) is 4. The molecule has 0 aliphatic heterocycles. The molecule has 0 radical (unpaired) electrons. The lowest BCUT2D eigenvalue weighted by molar-refractivity contribution is -0.384. The van der Waals surface area contributed by atoms with Gasteiger partial charge in [0.2, 0.25) is 0 Å². The van der Waals surface area contributed by atoms with Gasteiger partial charge >= 0.3 is 5.69 Å². The summed E-state index contributed by atoms with van der Waals surface area (Å²) < 4.78 is 20.1. The Morgan fingerprint density at radius 1 is 1.06 bits per heavy atom. The molecule has 2 rings (SSSR count). The van der Waals surface area contributed by atoms with Crippen molar-refractivity contribution in [3.63, 3.8) is 0 Å². The van der Waals surface area contributed by atoms with Crippen LogP contribution in [0, 0.1) is 10.1 Å². The second-order valence-electron chi connectivity index (χ2n) is 5.57. The van der Waals surface area contributed by atoms with E-state index < -0.39 is 56.1 Å². The number of benzene rings is 1. The smallest absolute Gasteiger partial charge is 0.330 e. The van der Waals surface area contributed by atoms with Crippen molar-refractivity contribution >= 4 is 13.5 Å². The third-order valence-corrected chi connectivity index (χ3v) is 3.77. The normalized spacial score (nSPS) is 12.1. The Labute approximate surface area is 173 Å². The number of aromatic amines is 1. The van der Waals surface area contributed by atoms with Gasteiger partial charge in [0.05, 0.1) is 24.7 Å². The van der Waals surface area contributed by atoms with E-state index in [-0.39, 0.29) is 11.4 Å². The molecule has 0 spiro atoms. The van der Waals surface area contributed by atoms with Crippen LogP contribution < -0.4 is 25.6 Å². The monoisotopic (exact) mass is 463 g/mol. The van der Waals surface area contributed by atoms with Crippen LogP contribution in [0.5, 0.6) is 5.75 Å². The first kappa shape index (κ1) is 26.1. The van der Waals surface area contributed by atoms with Gasteiger partial charge in [0.25, 0.3) is 11.2 Å². The third kappa shape index (κ3) is 9.18. The number of nitro benzene ring substituents is 1. The largest absolute Gasteiger partial charge is 0.780 e. The maximum absolute atomic E-state index is 11.4. The molecular weight excluding hydrogens is 445 g/mol. The van der Waals surface area contributed by atoms with Crippen LogP contribution in [0.4, 0.5) is 5.69 Å². The fourth-order valence-electron chi connectivity index (χ4n) is 1.97. The fraction of sp³-hybridized carbons (Fsp3) is 0.333. The average molecular weight is 463 g/mol. The van der Waals surface area contributed by atoms with Gasteiger partial charge in [0.15, 0.2) is 6.23 Å². The van der Waals surface area contributed by atoms with Crippen molar-refractivity contribution in [1.82, 2.24) is 9.55 Å². The molecule has 0 amide bonds. The molecule has 0 aliphatic rings. The molecule has 1 aromatic carbocycles. The summed E-state index contributed by atoms with van der Waals surface area (Å²) in [6.45, 7) is -1.45. The predicted molar refractivity (Wildman–Crippen MR) is 97.8 cm³/mol. The number of H-pyrrole nitrogens is 1. The zero-order chi connectivity index (χ0) is 23.6. The average Bonchev–Trinajstić information content (AvgIpc) is 2.69. The summed E-state index contributed by atoms with van der Waals surface area (Å²) in [4.78, 5) is 54.0. The van der Waals surface area contributed by atoms with E-state index in [0.29, 0.717) is 0 Å². The first-order valence-corrected chi connectivity index (χ1v) is 9.72. The van der Waals surface area contributed by atoms with E-state index >= 15 is 0 Å². The molecule has 0 unspecified atom stereocenters. The van der Waals surface area contributed by atoms with Crippen LogP contribution >= 0.6 is 7.82 Å². The Balaban J connectivity index is 0.000000316. The van der Waals surface area contributed by atoms with Gasteiger partial charge in [-0.3, -0.25) is 24.5 Å². The maximum atomic E-state index is 11.4.